The van der Waals surface area contributed by atoms with Gasteiger partial charge in [-0.15, -0.1) is 0 Å². The molecule has 2 nitrogen and oxygen atoms in total. The lowest BCUT2D eigenvalue weighted by Crippen LogP contribution is -2.33. The molecule has 0 aliphatic heterocycles. The molecule has 0 fully saturated rings. The van der Waals surface area contributed by atoms with E-state index >= 15 is 0 Å². The zero-order valence-electron chi connectivity index (χ0n) is 13.9. The highest BCUT2D eigenvalue weighted by Crippen LogP contribution is 2.29. The number of hydrogen-bond acceptors (Lipinski definition) is 1. The van der Waals surface area contributed by atoms with Crippen LogP contribution in [0.4, 0.5) is 18.9 Å². The Labute approximate surface area is 151 Å². The van der Waals surface area contributed by atoms with Crippen LogP contribution in [0.25, 0.3) is 0 Å². The van der Waals surface area contributed by atoms with Crippen molar-refractivity contribution in [2.75, 3.05) is 11.9 Å². The molecule has 6 heteroatoms. The summed E-state index contributed by atoms with van der Waals surface area (Å²) in [6.45, 7) is 2.83. The fourth-order valence-corrected chi connectivity index (χ4v) is 2.66. The van der Waals surface area contributed by atoms with Crippen molar-refractivity contribution in [1.82, 2.24) is 5.32 Å². The van der Waals surface area contributed by atoms with Crippen molar-refractivity contribution in [3.05, 3.63) is 65.7 Å². The maximum atomic E-state index is 12.6. The number of nitrogens with one attached hydrogen (secondary N) is 2. The second kappa shape index (κ2) is 8.85. The van der Waals surface area contributed by atoms with Gasteiger partial charge in [-0.2, -0.15) is 13.2 Å². The van der Waals surface area contributed by atoms with Crippen molar-refractivity contribution in [3.8, 4) is 0 Å². The first-order valence-corrected chi connectivity index (χ1v) is 8.55. The molecule has 2 rings (SSSR count). The zero-order chi connectivity index (χ0) is 18.3. The van der Waals surface area contributed by atoms with E-state index in [-0.39, 0.29) is 0 Å². The van der Waals surface area contributed by atoms with E-state index < -0.39 is 11.7 Å². The Hall–Kier alpha value is -2.08. The number of alkyl halides is 3. The van der Waals surface area contributed by atoms with E-state index in [0.29, 0.717) is 23.3 Å². The topological polar surface area (TPSA) is 24.1 Å². The fourth-order valence-electron chi connectivity index (χ4n) is 2.46. The standard InChI is InChI=1S/C19H21F3N2S/c1-2-14(12-15-6-4-3-5-7-15)13-23-18(25)24-17-10-8-16(9-11-17)19(20,21)22/h3-11,14H,2,12-13H2,1H3,(H2,23,24,25)/t14-/m0/s1. The Morgan fingerprint density at radius 2 is 1.68 bits per heavy atom. The molecule has 134 valence electrons. The number of hydrogen-bond donors (Lipinski definition) is 2. The molecule has 0 heterocycles. The zero-order valence-corrected chi connectivity index (χ0v) is 14.8. The highest BCUT2D eigenvalue weighted by atomic mass is 32.1. The summed E-state index contributed by atoms with van der Waals surface area (Å²) in [7, 11) is 0. The molecule has 0 aromatic heterocycles. The quantitative estimate of drug-likeness (QED) is 0.682. The van der Waals surface area contributed by atoms with E-state index in [1.807, 2.05) is 18.2 Å². The summed E-state index contributed by atoms with van der Waals surface area (Å²) >= 11 is 5.23. The van der Waals surface area contributed by atoms with Gasteiger partial charge in [0.25, 0.3) is 0 Å². The van der Waals surface area contributed by atoms with Gasteiger partial charge < -0.3 is 10.6 Å². The van der Waals surface area contributed by atoms with Crippen LogP contribution in [0, 0.1) is 5.92 Å². The Balaban J connectivity index is 1.83. The van der Waals surface area contributed by atoms with Crippen molar-refractivity contribution in [2.45, 2.75) is 25.9 Å². The molecule has 0 saturated carbocycles. The highest BCUT2D eigenvalue weighted by Gasteiger charge is 2.29. The van der Waals surface area contributed by atoms with E-state index in [9.17, 15) is 13.2 Å². The number of rotatable bonds is 6. The lowest BCUT2D eigenvalue weighted by molar-refractivity contribution is -0.137. The SMILES string of the molecule is CC[C@H](CNC(=S)Nc1ccc(C(F)(F)F)cc1)Cc1ccccc1. The highest BCUT2D eigenvalue weighted by molar-refractivity contribution is 7.80. The van der Waals surface area contributed by atoms with Gasteiger partial charge in [-0.1, -0.05) is 43.7 Å². The van der Waals surface area contributed by atoms with Gasteiger partial charge in [0, 0.05) is 12.2 Å². The van der Waals surface area contributed by atoms with Crippen molar-refractivity contribution < 1.29 is 13.2 Å². The second-order valence-electron chi connectivity index (χ2n) is 5.87. The van der Waals surface area contributed by atoms with Crippen LogP contribution in [0.15, 0.2) is 54.6 Å². The van der Waals surface area contributed by atoms with Gasteiger partial charge in [0.1, 0.15) is 0 Å². The van der Waals surface area contributed by atoms with Crippen LogP contribution < -0.4 is 10.6 Å². The summed E-state index contributed by atoms with van der Waals surface area (Å²) in [5.41, 5.74) is 1.13. The molecule has 0 amide bonds. The second-order valence-corrected chi connectivity index (χ2v) is 6.28. The van der Waals surface area contributed by atoms with E-state index in [0.717, 1.165) is 25.0 Å². The molecule has 1 atom stereocenters. The molecular formula is C19H21F3N2S. The first-order chi connectivity index (χ1) is 11.9. The normalized spacial score (nSPS) is 12.5. The maximum absolute atomic E-state index is 12.6. The summed E-state index contributed by atoms with van der Waals surface area (Å²) in [4.78, 5) is 0. The molecular weight excluding hydrogens is 345 g/mol. The summed E-state index contributed by atoms with van der Waals surface area (Å²) in [6.07, 6.45) is -2.37. The third-order valence-electron chi connectivity index (χ3n) is 3.97. The minimum Gasteiger partial charge on any atom is -0.362 e. The van der Waals surface area contributed by atoms with Crippen LogP contribution in [0.1, 0.15) is 24.5 Å². The van der Waals surface area contributed by atoms with Crippen LogP contribution in [-0.4, -0.2) is 11.7 Å². The van der Waals surface area contributed by atoms with E-state index in [1.54, 1.807) is 0 Å². The minimum atomic E-state index is -4.33. The van der Waals surface area contributed by atoms with Crippen LogP contribution in [0.2, 0.25) is 0 Å². The molecule has 2 aromatic carbocycles. The summed E-state index contributed by atoms with van der Waals surface area (Å²) in [5.74, 6) is 0.426. The van der Waals surface area contributed by atoms with Crippen LogP contribution in [0.5, 0.6) is 0 Å². The predicted molar refractivity (Wildman–Crippen MR) is 99.6 cm³/mol. The average Bonchev–Trinajstić information content (AvgIpc) is 2.59. The van der Waals surface area contributed by atoms with Crippen molar-refractivity contribution in [2.24, 2.45) is 5.92 Å². The monoisotopic (exact) mass is 366 g/mol. The number of anilines is 1. The lowest BCUT2D eigenvalue weighted by Gasteiger charge is -2.18. The molecule has 2 N–H and O–H groups in total. The van der Waals surface area contributed by atoms with Gasteiger partial charge in [0.2, 0.25) is 0 Å². The van der Waals surface area contributed by atoms with Crippen LogP contribution >= 0.6 is 12.2 Å². The Morgan fingerprint density at radius 1 is 1.04 bits per heavy atom. The van der Waals surface area contributed by atoms with Gasteiger partial charge in [0.15, 0.2) is 5.11 Å². The third kappa shape index (κ3) is 6.38. The molecule has 0 aliphatic rings. The first kappa shape index (κ1) is 19.2. The van der Waals surface area contributed by atoms with E-state index in [2.05, 4.69) is 29.7 Å². The summed E-state index contributed by atoms with van der Waals surface area (Å²) in [6, 6.07) is 15.0. The predicted octanol–water partition coefficient (Wildman–Crippen LogP) is 5.26. The number of benzene rings is 2. The van der Waals surface area contributed by atoms with Gasteiger partial charge in [-0.05, 0) is 54.4 Å². The van der Waals surface area contributed by atoms with E-state index in [1.165, 1.54) is 17.7 Å². The van der Waals surface area contributed by atoms with Crippen molar-refractivity contribution >= 4 is 23.0 Å². The lowest BCUT2D eigenvalue weighted by atomic mass is 9.97. The average molecular weight is 366 g/mol. The minimum absolute atomic E-state index is 0.409. The molecule has 0 unspecified atom stereocenters. The van der Waals surface area contributed by atoms with Gasteiger partial charge in [0.05, 0.1) is 5.56 Å². The van der Waals surface area contributed by atoms with Crippen molar-refractivity contribution in [3.63, 3.8) is 0 Å². The smallest absolute Gasteiger partial charge is 0.362 e. The van der Waals surface area contributed by atoms with Gasteiger partial charge in [-0.25, -0.2) is 0 Å². The number of halogens is 3. The Bertz CT molecular complexity index is 669. The van der Waals surface area contributed by atoms with Gasteiger partial charge >= 0.3 is 6.18 Å². The van der Waals surface area contributed by atoms with Gasteiger partial charge in [-0.3, -0.25) is 0 Å². The Morgan fingerprint density at radius 3 is 2.24 bits per heavy atom. The van der Waals surface area contributed by atoms with Crippen molar-refractivity contribution in [1.29, 1.82) is 0 Å². The molecule has 2 aromatic rings. The number of thiocarbonyl (C=S) groups is 1. The third-order valence-corrected chi connectivity index (χ3v) is 4.21. The molecule has 25 heavy (non-hydrogen) atoms. The molecule has 0 spiro atoms. The van der Waals surface area contributed by atoms with Crippen LogP contribution in [-0.2, 0) is 12.6 Å². The fraction of sp³-hybridized carbons (Fsp3) is 0.316. The molecule has 0 radical (unpaired) electrons. The van der Waals surface area contributed by atoms with Crippen LogP contribution in [0.3, 0.4) is 0 Å². The van der Waals surface area contributed by atoms with E-state index in [4.69, 9.17) is 12.2 Å². The largest absolute Gasteiger partial charge is 0.416 e. The summed E-state index contributed by atoms with van der Waals surface area (Å²) in [5, 5.41) is 6.47. The Kier molecular flexibility index (Phi) is 6.82. The maximum Gasteiger partial charge on any atom is 0.416 e. The molecule has 0 bridgehead atoms. The molecule has 0 saturated heterocycles. The summed E-state index contributed by atoms with van der Waals surface area (Å²) < 4.78 is 37.7. The first-order valence-electron chi connectivity index (χ1n) is 8.14. The molecule has 0 aliphatic carbocycles.